The minimum atomic E-state index is 0.127. The van der Waals surface area contributed by atoms with E-state index in [1.165, 1.54) is 6.42 Å². The Balaban J connectivity index is 1.82. The van der Waals surface area contributed by atoms with Crippen LogP contribution >= 0.6 is 12.2 Å². The lowest BCUT2D eigenvalue weighted by Gasteiger charge is -2.40. The molecule has 0 aromatic heterocycles. The van der Waals surface area contributed by atoms with Gasteiger partial charge in [0.25, 0.3) is 0 Å². The van der Waals surface area contributed by atoms with Crippen LogP contribution in [-0.4, -0.2) is 71.0 Å². The number of carbonyl (C=O) groups is 1. The van der Waals surface area contributed by atoms with E-state index in [0.29, 0.717) is 4.99 Å². The molecule has 0 aromatic carbocycles. The summed E-state index contributed by atoms with van der Waals surface area (Å²) in [6.45, 7) is 7.15. The van der Waals surface area contributed by atoms with Crippen molar-refractivity contribution in [1.29, 1.82) is 0 Å². The highest BCUT2D eigenvalue weighted by Gasteiger charge is 2.28. The van der Waals surface area contributed by atoms with Gasteiger partial charge < -0.3 is 15.5 Å². The van der Waals surface area contributed by atoms with Crippen molar-refractivity contribution in [2.24, 2.45) is 5.73 Å². The molecule has 108 valence electrons. The van der Waals surface area contributed by atoms with Gasteiger partial charge in [-0.25, -0.2) is 4.79 Å². The van der Waals surface area contributed by atoms with Crippen LogP contribution in [0.25, 0.3) is 0 Å². The number of rotatable bonds is 2. The van der Waals surface area contributed by atoms with Crippen molar-refractivity contribution in [2.75, 3.05) is 39.3 Å². The second-order valence-electron chi connectivity index (χ2n) is 5.43. The molecule has 2 aliphatic heterocycles. The van der Waals surface area contributed by atoms with E-state index in [1.54, 1.807) is 0 Å². The number of piperidine rings is 1. The van der Waals surface area contributed by atoms with Gasteiger partial charge in [0, 0.05) is 39.3 Å². The maximum Gasteiger partial charge on any atom is 0.320 e. The Morgan fingerprint density at radius 3 is 2.05 bits per heavy atom. The van der Waals surface area contributed by atoms with E-state index in [-0.39, 0.29) is 12.1 Å². The molecule has 2 rings (SSSR count). The van der Waals surface area contributed by atoms with Crippen LogP contribution in [0.5, 0.6) is 0 Å². The van der Waals surface area contributed by atoms with Gasteiger partial charge in [0.15, 0.2) is 0 Å². The topological polar surface area (TPSA) is 52.8 Å². The smallest absolute Gasteiger partial charge is 0.320 e. The van der Waals surface area contributed by atoms with Crippen molar-refractivity contribution in [3.63, 3.8) is 0 Å². The van der Waals surface area contributed by atoms with Crippen LogP contribution in [0.2, 0.25) is 0 Å². The SMILES string of the molecule is CC(C(N)=S)N1CCN(C(=O)N2CCCCC2)CC1. The monoisotopic (exact) mass is 284 g/mol. The summed E-state index contributed by atoms with van der Waals surface area (Å²) < 4.78 is 0. The summed E-state index contributed by atoms with van der Waals surface area (Å²) in [5, 5.41) is 0. The van der Waals surface area contributed by atoms with Crippen molar-refractivity contribution in [2.45, 2.75) is 32.2 Å². The molecule has 0 saturated carbocycles. The molecule has 0 bridgehead atoms. The molecule has 19 heavy (non-hydrogen) atoms. The number of hydrogen-bond donors (Lipinski definition) is 1. The predicted octanol–water partition coefficient (Wildman–Crippen LogP) is 0.885. The molecule has 2 fully saturated rings. The Bertz CT molecular complexity index is 336. The normalized spacial score (nSPS) is 23.2. The number of piperazine rings is 1. The van der Waals surface area contributed by atoms with Gasteiger partial charge in [-0.2, -0.15) is 0 Å². The van der Waals surface area contributed by atoms with Crippen LogP contribution in [0.3, 0.4) is 0 Å². The van der Waals surface area contributed by atoms with Gasteiger partial charge in [-0.1, -0.05) is 12.2 Å². The summed E-state index contributed by atoms with van der Waals surface area (Å²) in [7, 11) is 0. The fourth-order valence-corrected chi connectivity index (χ4v) is 2.91. The standard InChI is InChI=1S/C13H24N4OS/c1-11(12(14)19)15-7-9-17(10-8-15)13(18)16-5-3-2-4-6-16/h11H,2-10H2,1H3,(H2,14,19). The molecule has 2 N–H and O–H groups in total. The first-order valence-corrected chi connectivity index (χ1v) is 7.57. The van der Waals surface area contributed by atoms with Crippen LogP contribution in [0.15, 0.2) is 0 Å². The largest absolute Gasteiger partial charge is 0.392 e. The van der Waals surface area contributed by atoms with Crippen molar-refractivity contribution < 1.29 is 4.79 Å². The fourth-order valence-electron chi connectivity index (χ4n) is 2.77. The third-order valence-electron chi connectivity index (χ3n) is 4.17. The van der Waals surface area contributed by atoms with E-state index in [1.807, 2.05) is 16.7 Å². The molecule has 6 heteroatoms. The van der Waals surface area contributed by atoms with Crippen LogP contribution in [0.1, 0.15) is 26.2 Å². The van der Waals surface area contributed by atoms with Gasteiger partial charge in [-0.05, 0) is 26.2 Å². The van der Waals surface area contributed by atoms with Crippen molar-refractivity contribution in [3.05, 3.63) is 0 Å². The quantitative estimate of drug-likeness (QED) is 0.765. The highest BCUT2D eigenvalue weighted by molar-refractivity contribution is 7.80. The zero-order valence-corrected chi connectivity index (χ0v) is 12.5. The predicted molar refractivity (Wildman–Crippen MR) is 80.2 cm³/mol. The molecule has 1 atom stereocenters. The molecule has 0 aliphatic carbocycles. The summed E-state index contributed by atoms with van der Waals surface area (Å²) in [4.78, 5) is 19.1. The summed E-state index contributed by atoms with van der Waals surface area (Å²) in [6.07, 6.45) is 3.54. The Labute approximate surface area is 120 Å². The second-order valence-corrected chi connectivity index (χ2v) is 5.90. The van der Waals surface area contributed by atoms with E-state index in [9.17, 15) is 4.79 Å². The Morgan fingerprint density at radius 1 is 1.00 bits per heavy atom. The molecule has 2 heterocycles. The summed E-state index contributed by atoms with van der Waals surface area (Å²) in [6, 6.07) is 0.338. The second kappa shape index (κ2) is 6.52. The zero-order chi connectivity index (χ0) is 13.8. The Hall–Kier alpha value is -0.880. The van der Waals surface area contributed by atoms with Crippen molar-refractivity contribution >= 4 is 23.2 Å². The molecular weight excluding hydrogens is 260 g/mol. The van der Waals surface area contributed by atoms with Gasteiger partial charge >= 0.3 is 6.03 Å². The lowest BCUT2D eigenvalue weighted by Crippen LogP contribution is -2.56. The zero-order valence-electron chi connectivity index (χ0n) is 11.7. The molecule has 5 nitrogen and oxygen atoms in total. The minimum Gasteiger partial charge on any atom is -0.392 e. The molecule has 0 spiro atoms. The molecule has 2 saturated heterocycles. The molecule has 0 radical (unpaired) electrons. The van der Waals surface area contributed by atoms with Crippen LogP contribution in [-0.2, 0) is 0 Å². The fraction of sp³-hybridized carbons (Fsp3) is 0.846. The van der Waals surface area contributed by atoms with Crippen molar-refractivity contribution in [3.8, 4) is 0 Å². The maximum atomic E-state index is 12.3. The summed E-state index contributed by atoms with van der Waals surface area (Å²) in [5.74, 6) is 0. The maximum absolute atomic E-state index is 12.3. The van der Waals surface area contributed by atoms with Gasteiger partial charge in [0.1, 0.15) is 0 Å². The summed E-state index contributed by atoms with van der Waals surface area (Å²) >= 11 is 5.03. The average Bonchev–Trinajstić information content (AvgIpc) is 2.46. The van der Waals surface area contributed by atoms with E-state index < -0.39 is 0 Å². The average molecular weight is 284 g/mol. The number of amides is 2. The van der Waals surface area contributed by atoms with E-state index in [0.717, 1.165) is 52.1 Å². The van der Waals surface area contributed by atoms with Gasteiger partial charge in [-0.15, -0.1) is 0 Å². The van der Waals surface area contributed by atoms with Gasteiger partial charge in [0.05, 0.1) is 11.0 Å². The third kappa shape index (κ3) is 3.57. The number of nitrogens with two attached hydrogens (primary N) is 1. The first-order chi connectivity index (χ1) is 9.09. The lowest BCUT2D eigenvalue weighted by atomic mass is 10.1. The molecular formula is C13H24N4OS. The van der Waals surface area contributed by atoms with E-state index in [2.05, 4.69) is 4.90 Å². The van der Waals surface area contributed by atoms with Crippen LogP contribution < -0.4 is 5.73 Å². The highest BCUT2D eigenvalue weighted by Crippen LogP contribution is 2.13. The molecule has 2 amide bonds. The Kier molecular flexibility index (Phi) is 4.99. The van der Waals surface area contributed by atoms with Gasteiger partial charge in [0.2, 0.25) is 0 Å². The minimum absolute atomic E-state index is 0.127. The van der Waals surface area contributed by atoms with Crippen LogP contribution in [0, 0.1) is 0 Å². The molecule has 1 unspecified atom stereocenters. The number of likely N-dealkylation sites (tertiary alicyclic amines) is 1. The number of hydrogen-bond acceptors (Lipinski definition) is 3. The number of thiocarbonyl (C=S) groups is 1. The van der Waals surface area contributed by atoms with E-state index >= 15 is 0 Å². The highest BCUT2D eigenvalue weighted by atomic mass is 32.1. The van der Waals surface area contributed by atoms with Crippen molar-refractivity contribution in [1.82, 2.24) is 14.7 Å². The number of carbonyl (C=O) groups excluding carboxylic acids is 1. The number of urea groups is 1. The summed E-state index contributed by atoms with van der Waals surface area (Å²) in [5.41, 5.74) is 5.68. The van der Waals surface area contributed by atoms with Gasteiger partial charge in [-0.3, -0.25) is 4.90 Å². The number of nitrogens with zero attached hydrogens (tertiary/aromatic N) is 3. The first kappa shape index (κ1) is 14.5. The van der Waals surface area contributed by atoms with Crippen LogP contribution in [0.4, 0.5) is 4.79 Å². The third-order valence-corrected chi connectivity index (χ3v) is 4.51. The van der Waals surface area contributed by atoms with E-state index in [4.69, 9.17) is 18.0 Å². The first-order valence-electron chi connectivity index (χ1n) is 7.17. The molecule has 0 aromatic rings. The Morgan fingerprint density at radius 2 is 1.53 bits per heavy atom. The molecule has 2 aliphatic rings. The lowest BCUT2D eigenvalue weighted by molar-refractivity contribution is 0.102.